The summed E-state index contributed by atoms with van der Waals surface area (Å²) in [5.41, 5.74) is 8.29. The fourth-order valence-electron chi connectivity index (χ4n) is 3.96. The van der Waals surface area contributed by atoms with Crippen LogP contribution in [0.4, 0.5) is 0 Å². The molecule has 10 nitrogen and oxygen atoms in total. The Kier molecular flexibility index (Phi) is 7.38. The number of benzene rings is 3. The Morgan fingerprint density at radius 3 is 2.59 bits per heavy atom. The van der Waals surface area contributed by atoms with Crippen LogP contribution < -0.4 is 10.5 Å². The minimum atomic E-state index is -0.579. The first kappa shape index (κ1) is 25.2. The number of amides is 1. The standard InChI is InChI=1S/C27H25N3O7/c1-16-23(36-15-24(32)37-14-17-5-3-2-4-6-17)10-9-21(25(16)33)22(31)13-30-12-19-11-18(26(28)29-35)7-8-20(19)27(30)34/h2-11,33,35H,12-15H2,1H3,(H2,28,29). The van der Waals surface area contributed by atoms with Crippen molar-refractivity contribution in [2.45, 2.75) is 20.1 Å². The average molecular weight is 504 g/mol. The van der Waals surface area contributed by atoms with E-state index in [1.807, 2.05) is 30.3 Å². The van der Waals surface area contributed by atoms with Crippen LogP contribution in [0.15, 0.2) is 65.8 Å². The largest absolute Gasteiger partial charge is 0.507 e. The van der Waals surface area contributed by atoms with Crippen molar-refractivity contribution in [3.63, 3.8) is 0 Å². The maximum atomic E-state index is 12.9. The molecule has 0 atom stereocenters. The predicted octanol–water partition coefficient (Wildman–Crippen LogP) is 2.76. The fourth-order valence-corrected chi connectivity index (χ4v) is 3.96. The van der Waals surface area contributed by atoms with Crippen LogP contribution in [0.3, 0.4) is 0 Å². The second-order valence-corrected chi connectivity index (χ2v) is 8.46. The first-order valence-corrected chi connectivity index (χ1v) is 11.4. The van der Waals surface area contributed by atoms with E-state index in [0.717, 1.165) is 5.56 Å². The number of amidine groups is 1. The van der Waals surface area contributed by atoms with E-state index in [0.29, 0.717) is 16.7 Å². The van der Waals surface area contributed by atoms with Gasteiger partial charge in [-0.25, -0.2) is 4.79 Å². The number of phenolic OH excluding ortho intramolecular Hbond substituents is 1. The highest BCUT2D eigenvalue weighted by atomic mass is 16.6. The van der Waals surface area contributed by atoms with Crippen molar-refractivity contribution in [1.29, 1.82) is 0 Å². The maximum absolute atomic E-state index is 12.9. The lowest BCUT2D eigenvalue weighted by Gasteiger charge is -2.16. The van der Waals surface area contributed by atoms with Gasteiger partial charge in [-0.15, -0.1) is 0 Å². The van der Waals surface area contributed by atoms with Gasteiger partial charge in [0.15, 0.2) is 18.2 Å². The van der Waals surface area contributed by atoms with Crippen LogP contribution in [0.1, 0.15) is 43.0 Å². The molecule has 37 heavy (non-hydrogen) atoms. The summed E-state index contributed by atoms with van der Waals surface area (Å²) >= 11 is 0. The van der Waals surface area contributed by atoms with Crippen LogP contribution in [0.2, 0.25) is 0 Å². The molecule has 3 aromatic rings. The molecular formula is C27H25N3O7. The molecule has 10 heteroatoms. The van der Waals surface area contributed by atoms with E-state index in [9.17, 15) is 19.5 Å². The number of phenols is 1. The molecule has 0 bridgehead atoms. The number of hydrogen-bond acceptors (Lipinski definition) is 8. The van der Waals surface area contributed by atoms with Crippen molar-refractivity contribution >= 4 is 23.5 Å². The van der Waals surface area contributed by atoms with E-state index < -0.39 is 11.8 Å². The van der Waals surface area contributed by atoms with Crippen LogP contribution in [0, 0.1) is 6.92 Å². The molecule has 0 unspecified atom stereocenters. The SMILES string of the molecule is Cc1c(OCC(=O)OCc2ccccc2)ccc(C(=O)CN2Cc3cc(/C(N)=N\O)ccc3C2=O)c1O. The number of ketones is 1. The van der Waals surface area contributed by atoms with Crippen molar-refractivity contribution in [1.82, 2.24) is 4.90 Å². The molecule has 4 rings (SSSR count). The number of carbonyl (C=O) groups is 3. The molecule has 0 saturated carbocycles. The first-order valence-electron chi connectivity index (χ1n) is 11.4. The smallest absolute Gasteiger partial charge is 0.344 e. The zero-order valence-electron chi connectivity index (χ0n) is 20.0. The number of fused-ring (bicyclic) bond motifs is 1. The molecule has 0 aromatic heterocycles. The molecule has 4 N–H and O–H groups in total. The number of nitrogens with two attached hydrogens (primary N) is 1. The van der Waals surface area contributed by atoms with E-state index >= 15 is 0 Å². The van der Waals surface area contributed by atoms with Crippen LogP contribution in [-0.2, 0) is 22.7 Å². The number of carbonyl (C=O) groups excluding carboxylic acids is 3. The monoisotopic (exact) mass is 503 g/mol. The summed E-state index contributed by atoms with van der Waals surface area (Å²) in [4.78, 5) is 39.1. The van der Waals surface area contributed by atoms with Gasteiger partial charge in [0.2, 0.25) is 0 Å². The number of ether oxygens (including phenoxy) is 2. The molecule has 0 saturated heterocycles. The number of hydrogen-bond donors (Lipinski definition) is 3. The third-order valence-electron chi connectivity index (χ3n) is 5.99. The number of esters is 1. The van der Waals surface area contributed by atoms with Crippen molar-refractivity contribution in [3.8, 4) is 11.5 Å². The molecule has 190 valence electrons. The normalized spacial score (nSPS) is 12.8. The number of oxime groups is 1. The summed E-state index contributed by atoms with van der Waals surface area (Å²) in [5.74, 6) is -1.53. The topological polar surface area (TPSA) is 152 Å². The second-order valence-electron chi connectivity index (χ2n) is 8.46. The molecule has 1 amide bonds. The number of nitrogens with zero attached hydrogens (tertiary/aromatic N) is 2. The average Bonchev–Trinajstić information content (AvgIpc) is 3.22. The van der Waals surface area contributed by atoms with Crippen LogP contribution in [0.5, 0.6) is 11.5 Å². The Morgan fingerprint density at radius 2 is 1.86 bits per heavy atom. The first-order chi connectivity index (χ1) is 17.8. The minimum Gasteiger partial charge on any atom is -0.507 e. The summed E-state index contributed by atoms with van der Waals surface area (Å²) in [6.07, 6.45) is 0. The highest BCUT2D eigenvalue weighted by Crippen LogP contribution is 2.32. The zero-order valence-corrected chi connectivity index (χ0v) is 20.0. The summed E-state index contributed by atoms with van der Waals surface area (Å²) in [6, 6.07) is 16.8. The quantitative estimate of drug-likeness (QED) is 0.101. The van der Waals surface area contributed by atoms with E-state index in [1.54, 1.807) is 25.1 Å². The van der Waals surface area contributed by atoms with Gasteiger partial charge < -0.3 is 30.4 Å². The molecular weight excluding hydrogens is 478 g/mol. The van der Waals surface area contributed by atoms with Crippen molar-refractivity contribution in [2.24, 2.45) is 10.9 Å². The molecule has 0 aliphatic carbocycles. The van der Waals surface area contributed by atoms with Gasteiger partial charge in [0.05, 0.1) is 12.1 Å². The number of Topliss-reactive ketones (excluding diaryl/α,β-unsaturated/α-hetero) is 1. The third-order valence-corrected chi connectivity index (χ3v) is 5.99. The van der Waals surface area contributed by atoms with Crippen LogP contribution >= 0.6 is 0 Å². The van der Waals surface area contributed by atoms with Gasteiger partial charge >= 0.3 is 5.97 Å². The van der Waals surface area contributed by atoms with Crippen molar-refractivity contribution < 1.29 is 34.2 Å². The summed E-state index contributed by atoms with van der Waals surface area (Å²) < 4.78 is 10.7. The maximum Gasteiger partial charge on any atom is 0.344 e. The highest BCUT2D eigenvalue weighted by molar-refractivity contribution is 6.06. The van der Waals surface area contributed by atoms with Crippen molar-refractivity contribution in [3.05, 3.63) is 94.0 Å². The molecule has 0 spiro atoms. The van der Waals surface area contributed by atoms with E-state index in [-0.39, 0.29) is 60.7 Å². The molecule has 3 aromatic carbocycles. The van der Waals surface area contributed by atoms with Crippen molar-refractivity contribution in [2.75, 3.05) is 13.2 Å². The minimum absolute atomic E-state index is 0.0256. The Bertz CT molecular complexity index is 1390. The van der Waals surface area contributed by atoms with Gasteiger partial charge in [-0.3, -0.25) is 9.59 Å². The van der Waals surface area contributed by atoms with Gasteiger partial charge in [-0.05, 0) is 42.3 Å². The van der Waals surface area contributed by atoms with E-state index in [1.165, 1.54) is 17.0 Å². The van der Waals surface area contributed by atoms with Gasteiger partial charge in [-0.1, -0.05) is 41.6 Å². The Hall–Kier alpha value is -4.86. The number of aromatic hydroxyl groups is 1. The zero-order chi connectivity index (χ0) is 26.5. The molecule has 1 aliphatic rings. The van der Waals surface area contributed by atoms with Gasteiger partial charge in [0.25, 0.3) is 5.91 Å². The summed E-state index contributed by atoms with van der Waals surface area (Å²) in [7, 11) is 0. The summed E-state index contributed by atoms with van der Waals surface area (Å²) in [5, 5.41) is 22.5. The van der Waals surface area contributed by atoms with Crippen LogP contribution in [-0.4, -0.2) is 51.9 Å². The summed E-state index contributed by atoms with van der Waals surface area (Å²) in [6.45, 7) is 1.21. The van der Waals surface area contributed by atoms with E-state index in [2.05, 4.69) is 5.16 Å². The molecule has 1 aliphatic heterocycles. The molecule has 0 radical (unpaired) electrons. The lowest BCUT2D eigenvalue weighted by Crippen LogP contribution is -2.30. The second kappa shape index (κ2) is 10.8. The van der Waals surface area contributed by atoms with Gasteiger partial charge in [-0.2, -0.15) is 0 Å². The fraction of sp³-hybridized carbons (Fsp3) is 0.185. The number of rotatable bonds is 9. The van der Waals surface area contributed by atoms with Crippen LogP contribution in [0.25, 0.3) is 0 Å². The Balaban J connectivity index is 1.37. The third kappa shape index (κ3) is 5.53. The highest BCUT2D eigenvalue weighted by Gasteiger charge is 2.30. The van der Waals surface area contributed by atoms with Gasteiger partial charge in [0.1, 0.15) is 18.1 Å². The lowest BCUT2D eigenvalue weighted by atomic mass is 10.0. The molecule has 0 fully saturated rings. The molecule has 1 heterocycles. The van der Waals surface area contributed by atoms with E-state index in [4.69, 9.17) is 20.4 Å². The Labute approximate surface area is 212 Å². The predicted molar refractivity (Wildman–Crippen MR) is 133 cm³/mol. The Morgan fingerprint density at radius 1 is 1.11 bits per heavy atom. The lowest BCUT2D eigenvalue weighted by molar-refractivity contribution is -0.147. The van der Waals surface area contributed by atoms with Gasteiger partial charge in [0, 0.05) is 23.2 Å².